The number of aliphatic hydroxyl groups is 1. The molecule has 0 aliphatic rings. The largest absolute Gasteiger partial charge is 0.414 e. The number of hydrogen-bond donors (Lipinski definition) is 1. The summed E-state index contributed by atoms with van der Waals surface area (Å²) in [5, 5.41) is 10.3. The van der Waals surface area contributed by atoms with Crippen LogP contribution in [0.3, 0.4) is 0 Å². The van der Waals surface area contributed by atoms with Crippen LogP contribution in [-0.4, -0.2) is 24.0 Å². The van der Waals surface area contributed by atoms with Gasteiger partial charge in [0.25, 0.3) is 0 Å². The highest BCUT2D eigenvalue weighted by molar-refractivity contribution is 7.10. The van der Waals surface area contributed by atoms with E-state index in [9.17, 15) is 13.2 Å². The molecule has 0 bridgehead atoms. The van der Waals surface area contributed by atoms with E-state index in [1.54, 1.807) is 11.4 Å². The van der Waals surface area contributed by atoms with Crippen molar-refractivity contribution in [3.63, 3.8) is 0 Å². The minimum atomic E-state index is -4.35. The first-order chi connectivity index (χ1) is 8.45. The summed E-state index contributed by atoms with van der Waals surface area (Å²) in [6.07, 6.45) is -5.80. The smallest absolute Gasteiger partial charge is 0.395 e. The van der Waals surface area contributed by atoms with Gasteiger partial charge < -0.3 is 9.84 Å². The Morgan fingerprint density at radius 1 is 1.50 bits per heavy atom. The molecule has 1 aromatic heterocycles. The van der Waals surface area contributed by atoms with Crippen molar-refractivity contribution < 1.29 is 23.0 Å². The van der Waals surface area contributed by atoms with Crippen LogP contribution in [0.5, 0.6) is 0 Å². The molecule has 1 N–H and O–H groups in total. The fourth-order valence-corrected chi connectivity index (χ4v) is 1.82. The Balaban J connectivity index is 2.59. The first-order valence-corrected chi connectivity index (χ1v) is 6.17. The van der Waals surface area contributed by atoms with Gasteiger partial charge in [-0.15, -0.1) is 11.3 Å². The van der Waals surface area contributed by atoms with E-state index in [0.29, 0.717) is 16.9 Å². The summed E-state index contributed by atoms with van der Waals surface area (Å²) in [7, 11) is 0. The molecule has 0 fully saturated rings. The first-order valence-electron chi connectivity index (χ1n) is 5.29. The maximum Gasteiger partial charge on any atom is 0.414 e. The number of alkyl halides is 3. The lowest BCUT2D eigenvalue weighted by atomic mass is 10.2. The van der Waals surface area contributed by atoms with Crippen molar-refractivity contribution in [2.24, 2.45) is 0 Å². The monoisotopic (exact) mass is 278 g/mol. The molecule has 0 radical (unpaired) electrons. The van der Waals surface area contributed by atoms with Gasteiger partial charge >= 0.3 is 6.18 Å². The summed E-state index contributed by atoms with van der Waals surface area (Å²) in [4.78, 5) is 0.663. The van der Waals surface area contributed by atoms with E-state index < -0.39 is 12.3 Å². The van der Waals surface area contributed by atoms with Crippen molar-refractivity contribution in [3.8, 4) is 11.8 Å². The van der Waals surface area contributed by atoms with Crippen molar-refractivity contribution in [2.45, 2.75) is 32.2 Å². The topological polar surface area (TPSA) is 29.5 Å². The summed E-state index contributed by atoms with van der Waals surface area (Å²) in [6.45, 7) is 0.834. The van der Waals surface area contributed by atoms with E-state index >= 15 is 0 Å². The van der Waals surface area contributed by atoms with Crippen LogP contribution in [0.1, 0.15) is 23.8 Å². The molecular weight excluding hydrogens is 265 g/mol. The van der Waals surface area contributed by atoms with Crippen molar-refractivity contribution in [3.05, 3.63) is 21.9 Å². The lowest BCUT2D eigenvalue weighted by molar-refractivity contribution is -0.217. The molecule has 100 valence electrons. The van der Waals surface area contributed by atoms with Crippen LogP contribution in [0.15, 0.2) is 11.4 Å². The third kappa shape index (κ3) is 4.69. The third-order valence-electron chi connectivity index (χ3n) is 2.13. The SMILES string of the molecule is CC(OCc1sccc1C#CCCO)C(F)(F)F. The van der Waals surface area contributed by atoms with Crippen LogP contribution in [0.4, 0.5) is 13.2 Å². The molecule has 0 amide bonds. The summed E-state index contributed by atoms with van der Waals surface area (Å²) in [6, 6.07) is 1.73. The lowest BCUT2D eigenvalue weighted by Crippen LogP contribution is -2.28. The van der Waals surface area contributed by atoms with E-state index in [1.165, 1.54) is 11.3 Å². The average Bonchev–Trinajstić information content (AvgIpc) is 2.72. The predicted molar refractivity (Wildman–Crippen MR) is 63.2 cm³/mol. The van der Waals surface area contributed by atoms with E-state index in [4.69, 9.17) is 9.84 Å². The second kappa shape index (κ2) is 6.78. The van der Waals surface area contributed by atoms with Gasteiger partial charge in [0, 0.05) is 16.9 Å². The number of hydrogen-bond acceptors (Lipinski definition) is 3. The van der Waals surface area contributed by atoms with Crippen LogP contribution in [-0.2, 0) is 11.3 Å². The van der Waals surface area contributed by atoms with E-state index in [0.717, 1.165) is 6.92 Å². The quantitative estimate of drug-likeness (QED) is 0.858. The van der Waals surface area contributed by atoms with Gasteiger partial charge in [-0.1, -0.05) is 11.8 Å². The Morgan fingerprint density at radius 2 is 2.22 bits per heavy atom. The summed E-state index contributed by atoms with van der Waals surface area (Å²) in [5.41, 5.74) is 0.655. The highest BCUT2D eigenvalue weighted by Crippen LogP contribution is 2.25. The molecule has 0 saturated heterocycles. The van der Waals surface area contributed by atoms with Crippen LogP contribution < -0.4 is 0 Å². The van der Waals surface area contributed by atoms with Gasteiger partial charge in [-0.25, -0.2) is 0 Å². The molecule has 0 aliphatic carbocycles. The van der Waals surface area contributed by atoms with Gasteiger partial charge in [0.2, 0.25) is 0 Å². The van der Waals surface area contributed by atoms with E-state index in [-0.39, 0.29) is 13.2 Å². The Bertz CT molecular complexity index is 429. The zero-order valence-corrected chi connectivity index (χ0v) is 10.6. The zero-order valence-electron chi connectivity index (χ0n) is 9.75. The van der Waals surface area contributed by atoms with Crippen molar-refractivity contribution in [1.29, 1.82) is 0 Å². The highest BCUT2D eigenvalue weighted by atomic mass is 32.1. The second-order valence-corrected chi connectivity index (χ2v) is 4.53. The van der Waals surface area contributed by atoms with Crippen molar-refractivity contribution in [1.82, 2.24) is 0 Å². The molecular formula is C12H13F3O2S. The minimum Gasteiger partial charge on any atom is -0.395 e. The van der Waals surface area contributed by atoms with Crippen LogP contribution in [0.25, 0.3) is 0 Å². The minimum absolute atomic E-state index is 0.0337. The van der Waals surface area contributed by atoms with Gasteiger partial charge in [-0.2, -0.15) is 13.2 Å². The van der Waals surface area contributed by atoms with Crippen LogP contribution in [0.2, 0.25) is 0 Å². The predicted octanol–water partition coefficient (Wildman–Crippen LogP) is 2.95. The molecule has 0 aromatic carbocycles. The molecule has 0 saturated carbocycles. The standard InChI is InChI=1S/C12H13F3O2S/c1-9(12(13,14)15)17-8-11-10(5-7-18-11)4-2-3-6-16/h5,7,9,16H,3,6,8H2,1H3. The average molecular weight is 278 g/mol. The van der Waals surface area contributed by atoms with Gasteiger partial charge in [-0.05, 0) is 18.4 Å². The third-order valence-corrected chi connectivity index (χ3v) is 3.03. The number of rotatable bonds is 4. The lowest BCUT2D eigenvalue weighted by Gasteiger charge is -2.15. The molecule has 0 spiro atoms. The number of halogens is 3. The summed E-state index contributed by atoms with van der Waals surface area (Å²) in [5.74, 6) is 5.52. The maximum absolute atomic E-state index is 12.2. The number of thiophene rings is 1. The van der Waals surface area contributed by atoms with E-state index in [2.05, 4.69) is 11.8 Å². The molecule has 1 unspecified atom stereocenters. The first kappa shape index (κ1) is 15.0. The molecule has 1 atom stereocenters. The molecule has 6 heteroatoms. The molecule has 0 aliphatic heterocycles. The van der Waals surface area contributed by atoms with Gasteiger partial charge in [-0.3, -0.25) is 0 Å². The second-order valence-electron chi connectivity index (χ2n) is 3.53. The Hall–Kier alpha value is -1.03. The van der Waals surface area contributed by atoms with Crippen LogP contribution >= 0.6 is 11.3 Å². The van der Waals surface area contributed by atoms with Gasteiger partial charge in [0.1, 0.15) is 0 Å². The number of ether oxygens (including phenoxy) is 1. The fourth-order valence-electron chi connectivity index (χ4n) is 1.07. The Morgan fingerprint density at radius 3 is 2.83 bits per heavy atom. The maximum atomic E-state index is 12.2. The van der Waals surface area contributed by atoms with Crippen molar-refractivity contribution >= 4 is 11.3 Å². The van der Waals surface area contributed by atoms with Gasteiger partial charge in [0.15, 0.2) is 6.10 Å². The molecule has 18 heavy (non-hydrogen) atoms. The highest BCUT2D eigenvalue weighted by Gasteiger charge is 2.36. The van der Waals surface area contributed by atoms with Crippen molar-refractivity contribution in [2.75, 3.05) is 6.61 Å². The van der Waals surface area contributed by atoms with Crippen LogP contribution in [0, 0.1) is 11.8 Å². The normalized spacial score (nSPS) is 12.9. The van der Waals surface area contributed by atoms with Gasteiger partial charge in [0.05, 0.1) is 13.2 Å². The molecule has 1 heterocycles. The summed E-state index contributed by atoms with van der Waals surface area (Å²) >= 11 is 1.30. The Labute approximate surface area is 107 Å². The number of aliphatic hydroxyl groups excluding tert-OH is 1. The summed E-state index contributed by atoms with van der Waals surface area (Å²) < 4.78 is 41.5. The fraction of sp³-hybridized carbons (Fsp3) is 0.500. The molecule has 1 aromatic rings. The van der Waals surface area contributed by atoms with E-state index in [1.807, 2.05) is 0 Å². The molecule has 1 rings (SSSR count). The Kier molecular flexibility index (Phi) is 5.66. The molecule has 2 nitrogen and oxygen atoms in total. The zero-order chi connectivity index (χ0) is 13.6.